The summed E-state index contributed by atoms with van der Waals surface area (Å²) < 4.78 is 38.5. The van der Waals surface area contributed by atoms with E-state index < -0.39 is 11.7 Å². The van der Waals surface area contributed by atoms with E-state index in [4.69, 9.17) is 0 Å². The van der Waals surface area contributed by atoms with Crippen molar-refractivity contribution in [2.75, 3.05) is 0 Å². The van der Waals surface area contributed by atoms with E-state index in [-0.39, 0.29) is 6.42 Å². The van der Waals surface area contributed by atoms with Crippen LogP contribution in [0.15, 0.2) is 64.9 Å². The van der Waals surface area contributed by atoms with E-state index >= 15 is 0 Å². The molecule has 0 saturated carbocycles. The zero-order valence-electron chi connectivity index (χ0n) is 15.2. The van der Waals surface area contributed by atoms with E-state index in [9.17, 15) is 13.2 Å². The van der Waals surface area contributed by atoms with Crippen LogP contribution in [-0.2, 0) is 0 Å². The van der Waals surface area contributed by atoms with Crippen molar-refractivity contribution in [2.24, 2.45) is 0 Å². The van der Waals surface area contributed by atoms with Gasteiger partial charge in [-0.15, -0.1) is 0 Å². The summed E-state index contributed by atoms with van der Waals surface area (Å²) in [7, 11) is 0. The molecule has 26 heavy (non-hydrogen) atoms. The third-order valence-corrected chi connectivity index (χ3v) is 4.15. The average Bonchev–Trinajstić information content (AvgIpc) is 2.60. The second kappa shape index (κ2) is 8.71. The number of aromatic nitrogens is 1. The lowest BCUT2D eigenvalue weighted by Gasteiger charge is -2.19. The Morgan fingerprint density at radius 2 is 2.04 bits per heavy atom. The van der Waals surface area contributed by atoms with Crippen LogP contribution in [0.1, 0.15) is 44.4 Å². The highest BCUT2D eigenvalue weighted by Crippen LogP contribution is 2.35. The van der Waals surface area contributed by atoms with Crippen molar-refractivity contribution in [2.45, 2.75) is 46.2 Å². The van der Waals surface area contributed by atoms with Gasteiger partial charge in [0.1, 0.15) is 0 Å². The Morgan fingerprint density at radius 1 is 1.27 bits per heavy atom. The summed E-state index contributed by atoms with van der Waals surface area (Å²) in [6, 6.07) is 3.75. The molecule has 4 heteroatoms. The summed E-state index contributed by atoms with van der Waals surface area (Å²) >= 11 is 0. The van der Waals surface area contributed by atoms with Crippen LogP contribution in [0.2, 0.25) is 0 Å². The quantitative estimate of drug-likeness (QED) is 0.461. The van der Waals surface area contributed by atoms with Gasteiger partial charge in [0, 0.05) is 28.6 Å². The van der Waals surface area contributed by atoms with Crippen molar-refractivity contribution in [1.82, 2.24) is 4.98 Å². The third-order valence-electron chi connectivity index (χ3n) is 4.15. The van der Waals surface area contributed by atoms with Crippen molar-refractivity contribution in [3.63, 3.8) is 0 Å². The van der Waals surface area contributed by atoms with Crippen LogP contribution in [-0.4, -0.2) is 11.2 Å². The van der Waals surface area contributed by atoms with Gasteiger partial charge in [0.05, 0.1) is 0 Å². The largest absolute Gasteiger partial charge is 0.412 e. The van der Waals surface area contributed by atoms with E-state index in [2.05, 4.69) is 16.8 Å². The van der Waals surface area contributed by atoms with Crippen LogP contribution in [0, 0.1) is 18.8 Å². The summed E-state index contributed by atoms with van der Waals surface area (Å²) in [5, 5.41) is 0. The second-order valence-electron chi connectivity index (χ2n) is 6.06. The number of alkyl halides is 3. The molecule has 1 aliphatic carbocycles. The van der Waals surface area contributed by atoms with Gasteiger partial charge in [0.15, 0.2) is 0 Å². The molecule has 0 spiro atoms. The highest BCUT2D eigenvalue weighted by molar-refractivity contribution is 5.53. The van der Waals surface area contributed by atoms with Crippen LogP contribution in [0.5, 0.6) is 0 Å². The summed E-state index contributed by atoms with van der Waals surface area (Å²) in [6.45, 7) is 5.81. The standard InChI is InChI=1S/C22H22F3N/c1-4-6-18(8-7-17-13-14-26-16(3)15-17)21(5-2)19-9-11-20(12-10-19)22(23,24)25/h4,6,9,11,13-15H,5,10,12H2,1-3H3/b6-4-,21-18-. The molecule has 0 unspecified atom stereocenters. The molecule has 1 aromatic rings. The van der Waals surface area contributed by atoms with Gasteiger partial charge in [-0.3, -0.25) is 4.98 Å². The highest BCUT2D eigenvalue weighted by atomic mass is 19.4. The van der Waals surface area contributed by atoms with Crippen molar-refractivity contribution < 1.29 is 13.2 Å². The summed E-state index contributed by atoms with van der Waals surface area (Å²) in [5.41, 5.74) is 4.06. The summed E-state index contributed by atoms with van der Waals surface area (Å²) in [4.78, 5) is 4.15. The Labute approximate surface area is 153 Å². The van der Waals surface area contributed by atoms with Crippen molar-refractivity contribution >= 4 is 0 Å². The predicted molar refractivity (Wildman–Crippen MR) is 99.4 cm³/mol. The molecule has 1 aliphatic rings. The second-order valence-corrected chi connectivity index (χ2v) is 6.06. The number of hydrogen-bond acceptors (Lipinski definition) is 1. The molecule has 0 amide bonds. The number of allylic oxidation sites excluding steroid dienone is 8. The van der Waals surface area contributed by atoms with E-state index in [1.54, 1.807) is 12.3 Å². The molecule has 0 saturated heterocycles. The monoisotopic (exact) mass is 357 g/mol. The molecule has 0 N–H and O–H groups in total. The number of rotatable bonds is 3. The van der Waals surface area contributed by atoms with Gasteiger partial charge in [-0.1, -0.05) is 43.1 Å². The van der Waals surface area contributed by atoms with Crippen LogP contribution < -0.4 is 0 Å². The topological polar surface area (TPSA) is 12.9 Å². The molecule has 1 heterocycles. The van der Waals surface area contributed by atoms with Crippen molar-refractivity contribution in [3.8, 4) is 11.8 Å². The normalized spacial score (nSPS) is 15.8. The first-order valence-corrected chi connectivity index (χ1v) is 8.63. The molecule has 0 aromatic carbocycles. The number of aryl methyl sites for hydroxylation is 1. The fraction of sp³-hybridized carbons (Fsp3) is 0.318. The number of nitrogens with zero attached hydrogens (tertiary/aromatic N) is 1. The fourth-order valence-corrected chi connectivity index (χ4v) is 2.86. The molecule has 0 radical (unpaired) electrons. The van der Waals surface area contributed by atoms with Crippen molar-refractivity contribution in [3.05, 3.63) is 76.2 Å². The lowest BCUT2D eigenvalue weighted by Crippen LogP contribution is -2.14. The number of halogens is 3. The molecule has 136 valence electrons. The molecule has 0 atom stereocenters. The first-order valence-electron chi connectivity index (χ1n) is 8.63. The number of hydrogen-bond donors (Lipinski definition) is 0. The van der Waals surface area contributed by atoms with Gasteiger partial charge in [-0.25, -0.2) is 0 Å². The molecule has 1 nitrogen and oxygen atoms in total. The van der Waals surface area contributed by atoms with E-state index in [1.165, 1.54) is 6.08 Å². The Kier molecular flexibility index (Phi) is 6.63. The third kappa shape index (κ3) is 5.23. The summed E-state index contributed by atoms with van der Waals surface area (Å²) in [6.07, 6.45) is 5.18. The van der Waals surface area contributed by atoms with Gasteiger partial charge in [-0.05, 0) is 56.4 Å². The van der Waals surface area contributed by atoms with Gasteiger partial charge in [0.25, 0.3) is 0 Å². The number of pyridine rings is 1. The van der Waals surface area contributed by atoms with Gasteiger partial charge in [0.2, 0.25) is 0 Å². The molecular weight excluding hydrogens is 335 g/mol. The molecule has 1 aromatic heterocycles. The van der Waals surface area contributed by atoms with Crippen LogP contribution in [0.3, 0.4) is 0 Å². The minimum Gasteiger partial charge on any atom is -0.262 e. The van der Waals surface area contributed by atoms with Crippen LogP contribution in [0.25, 0.3) is 0 Å². The van der Waals surface area contributed by atoms with Crippen molar-refractivity contribution in [1.29, 1.82) is 0 Å². The van der Waals surface area contributed by atoms with Gasteiger partial charge >= 0.3 is 6.18 Å². The SMILES string of the molecule is C/C=C\C(C#Cc1ccnc(C)c1)=C(/CC)C1=CC=C(C(F)(F)F)CC1. The fourth-order valence-electron chi connectivity index (χ4n) is 2.86. The first kappa shape index (κ1) is 19.8. The maximum absolute atomic E-state index is 12.8. The predicted octanol–water partition coefficient (Wildman–Crippen LogP) is 6.23. The molecule has 0 bridgehead atoms. The molecule has 0 aliphatic heterocycles. The smallest absolute Gasteiger partial charge is 0.262 e. The zero-order valence-corrected chi connectivity index (χ0v) is 15.2. The van der Waals surface area contributed by atoms with E-state index in [1.807, 2.05) is 45.1 Å². The Bertz CT molecular complexity index is 840. The molecule has 2 rings (SSSR count). The van der Waals surface area contributed by atoms with Crippen LogP contribution >= 0.6 is 0 Å². The minimum atomic E-state index is -4.25. The first-order chi connectivity index (χ1) is 12.3. The highest BCUT2D eigenvalue weighted by Gasteiger charge is 2.33. The molecule has 0 fully saturated rings. The average molecular weight is 357 g/mol. The lowest BCUT2D eigenvalue weighted by molar-refractivity contribution is -0.0941. The Morgan fingerprint density at radius 3 is 2.58 bits per heavy atom. The van der Waals surface area contributed by atoms with E-state index in [0.717, 1.165) is 28.0 Å². The van der Waals surface area contributed by atoms with Gasteiger partial charge < -0.3 is 0 Å². The summed E-state index contributed by atoms with van der Waals surface area (Å²) in [5.74, 6) is 6.32. The Hall–Kier alpha value is -2.54. The zero-order chi connectivity index (χ0) is 19.2. The maximum Gasteiger partial charge on any atom is 0.412 e. The lowest BCUT2D eigenvalue weighted by atomic mass is 9.88. The maximum atomic E-state index is 12.8. The Balaban J connectivity index is 2.43. The van der Waals surface area contributed by atoms with Gasteiger partial charge in [-0.2, -0.15) is 13.2 Å². The minimum absolute atomic E-state index is 0.0128. The molecular formula is C22H22F3N. The van der Waals surface area contributed by atoms with E-state index in [0.29, 0.717) is 12.8 Å². The van der Waals surface area contributed by atoms with Crippen LogP contribution in [0.4, 0.5) is 13.2 Å².